The number of carbonyl (C=O) groups is 1. The maximum Gasteiger partial charge on any atom is 0.253 e. The molecule has 0 atom stereocenters. The summed E-state index contributed by atoms with van der Waals surface area (Å²) >= 11 is 12.0. The van der Waals surface area contributed by atoms with Crippen molar-refractivity contribution in [3.05, 3.63) is 69.2 Å². The first kappa shape index (κ1) is 21.1. The topological polar surface area (TPSA) is 56.7 Å². The molecule has 2 aromatic carbocycles. The Morgan fingerprint density at radius 1 is 1.00 bits per heavy atom. The summed E-state index contributed by atoms with van der Waals surface area (Å²) < 4.78 is 0. The molecule has 0 radical (unpaired) electrons. The van der Waals surface area contributed by atoms with E-state index in [1.807, 2.05) is 36.4 Å². The van der Waals surface area contributed by atoms with E-state index in [4.69, 9.17) is 23.2 Å². The minimum atomic E-state index is -0.00638. The van der Waals surface area contributed by atoms with Gasteiger partial charge >= 0.3 is 0 Å². The van der Waals surface area contributed by atoms with Gasteiger partial charge < -0.3 is 15.5 Å². The molecular weight excluding hydrogens is 383 g/mol. The standard InChI is InChI=1S/C20H24Cl2N4O/c1-23-20(24-9-8-15-10-17(21)12-18(22)11-15)25-13-14-4-6-16(7-5-14)19(27)26(2)3/h4-7,10-12H,8-9,13H2,1-3H3,(H2,23,24,25). The summed E-state index contributed by atoms with van der Waals surface area (Å²) in [5.41, 5.74) is 2.80. The van der Waals surface area contributed by atoms with Gasteiger partial charge in [0.15, 0.2) is 5.96 Å². The molecule has 27 heavy (non-hydrogen) atoms. The van der Waals surface area contributed by atoms with Crippen molar-refractivity contribution >= 4 is 35.1 Å². The first-order valence-corrected chi connectivity index (χ1v) is 9.34. The van der Waals surface area contributed by atoms with Gasteiger partial charge in [-0.15, -0.1) is 0 Å². The van der Waals surface area contributed by atoms with Crippen molar-refractivity contribution in [2.45, 2.75) is 13.0 Å². The summed E-state index contributed by atoms with van der Waals surface area (Å²) in [7, 11) is 5.21. The number of nitrogens with zero attached hydrogens (tertiary/aromatic N) is 2. The highest BCUT2D eigenvalue weighted by atomic mass is 35.5. The SMILES string of the molecule is CN=C(NCCc1cc(Cl)cc(Cl)c1)NCc1ccc(C(=O)N(C)C)cc1. The molecular formula is C20H24Cl2N4O. The van der Waals surface area contributed by atoms with E-state index >= 15 is 0 Å². The lowest BCUT2D eigenvalue weighted by Gasteiger charge is -2.13. The van der Waals surface area contributed by atoms with E-state index in [2.05, 4.69) is 15.6 Å². The van der Waals surface area contributed by atoms with Crippen LogP contribution >= 0.6 is 23.2 Å². The number of rotatable bonds is 6. The molecule has 144 valence electrons. The van der Waals surface area contributed by atoms with Gasteiger partial charge in [0, 0.05) is 49.8 Å². The molecule has 0 fully saturated rings. The third-order valence-corrected chi connectivity index (χ3v) is 4.36. The van der Waals surface area contributed by atoms with E-state index in [1.54, 1.807) is 32.1 Å². The number of amides is 1. The molecule has 0 heterocycles. The maximum absolute atomic E-state index is 11.9. The Bertz CT molecular complexity index is 784. The predicted octanol–water partition coefficient (Wildman–Crippen LogP) is 3.60. The monoisotopic (exact) mass is 406 g/mol. The number of hydrogen-bond donors (Lipinski definition) is 2. The van der Waals surface area contributed by atoms with Gasteiger partial charge in [0.05, 0.1) is 0 Å². The number of aliphatic imine (C=N–C) groups is 1. The van der Waals surface area contributed by atoms with Gasteiger partial charge in [-0.05, 0) is 47.9 Å². The molecule has 0 saturated carbocycles. The smallest absolute Gasteiger partial charge is 0.253 e. The fourth-order valence-electron chi connectivity index (χ4n) is 2.51. The molecule has 0 spiro atoms. The second-order valence-electron chi connectivity index (χ2n) is 6.28. The molecule has 0 aliphatic heterocycles. The molecule has 0 aliphatic rings. The van der Waals surface area contributed by atoms with E-state index in [9.17, 15) is 4.79 Å². The minimum absolute atomic E-state index is 0.00638. The van der Waals surface area contributed by atoms with Crippen LogP contribution in [0.25, 0.3) is 0 Å². The number of guanidine groups is 1. The van der Waals surface area contributed by atoms with Crippen LogP contribution in [0, 0.1) is 0 Å². The van der Waals surface area contributed by atoms with Crippen molar-refractivity contribution in [3.63, 3.8) is 0 Å². The summed E-state index contributed by atoms with van der Waals surface area (Å²) in [6.45, 7) is 1.31. The first-order valence-electron chi connectivity index (χ1n) is 8.59. The van der Waals surface area contributed by atoms with Gasteiger partial charge in [-0.3, -0.25) is 9.79 Å². The lowest BCUT2D eigenvalue weighted by atomic mass is 10.1. The quantitative estimate of drug-likeness (QED) is 0.568. The van der Waals surface area contributed by atoms with Crippen molar-refractivity contribution in [2.75, 3.05) is 27.7 Å². The van der Waals surface area contributed by atoms with Gasteiger partial charge in [0.1, 0.15) is 0 Å². The number of benzene rings is 2. The zero-order chi connectivity index (χ0) is 19.8. The molecule has 2 N–H and O–H groups in total. The Labute approximate surface area is 170 Å². The van der Waals surface area contributed by atoms with Crippen molar-refractivity contribution in [2.24, 2.45) is 4.99 Å². The third kappa shape index (κ3) is 6.77. The molecule has 5 nitrogen and oxygen atoms in total. The Hall–Kier alpha value is -2.24. The van der Waals surface area contributed by atoms with Crippen LogP contribution in [0.5, 0.6) is 0 Å². The first-order chi connectivity index (χ1) is 12.9. The van der Waals surface area contributed by atoms with Crippen LogP contribution in [0.1, 0.15) is 21.5 Å². The summed E-state index contributed by atoms with van der Waals surface area (Å²) in [6, 6.07) is 13.1. The van der Waals surface area contributed by atoms with Crippen LogP contribution in [-0.4, -0.2) is 44.5 Å². The van der Waals surface area contributed by atoms with E-state index in [0.29, 0.717) is 34.7 Å². The summed E-state index contributed by atoms with van der Waals surface area (Å²) in [6.07, 6.45) is 0.780. The second-order valence-corrected chi connectivity index (χ2v) is 7.15. The molecule has 1 amide bonds. The van der Waals surface area contributed by atoms with Crippen LogP contribution in [0.2, 0.25) is 10.0 Å². The average molecular weight is 407 g/mol. The minimum Gasteiger partial charge on any atom is -0.356 e. The lowest BCUT2D eigenvalue weighted by Crippen LogP contribution is -2.37. The molecule has 0 bridgehead atoms. The molecule has 0 aliphatic carbocycles. The Morgan fingerprint density at radius 3 is 2.19 bits per heavy atom. The zero-order valence-electron chi connectivity index (χ0n) is 15.7. The Kier molecular flexibility index (Phi) is 7.95. The molecule has 0 aromatic heterocycles. The fraction of sp³-hybridized carbons (Fsp3) is 0.300. The van der Waals surface area contributed by atoms with Gasteiger partial charge in [0.25, 0.3) is 5.91 Å². The predicted molar refractivity (Wildman–Crippen MR) is 113 cm³/mol. The van der Waals surface area contributed by atoms with E-state index in [-0.39, 0.29) is 5.91 Å². The van der Waals surface area contributed by atoms with Crippen LogP contribution in [0.15, 0.2) is 47.5 Å². The summed E-state index contributed by atoms with van der Waals surface area (Å²) in [5.74, 6) is 0.699. The summed E-state index contributed by atoms with van der Waals surface area (Å²) in [5, 5.41) is 7.79. The van der Waals surface area contributed by atoms with E-state index in [0.717, 1.165) is 17.5 Å². The average Bonchev–Trinajstić information content (AvgIpc) is 2.63. The van der Waals surface area contributed by atoms with E-state index < -0.39 is 0 Å². The van der Waals surface area contributed by atoms with Crippen LogP contribution in [0.4, 0.5) is 0 Å². The highest BCUT2D eigenvalue weighted by Gasteiger charge is 2.07. The van der Waals surface area contributed by atoms with E-state index in [1.165, 1.54) is 0 Å². The van der Waals surface area contributed by atoms with Crippen LogP contribution < -0.4 is 10.6 Å². The molecule has 0 saturated heterocycles. The van der Waals surface area contributed by atoms with Crippen LogP contribution in [0.3, 0.4) is 0 Å². The normalized spacial score (nSPS) is 11.2. The highest BCUT2D eigenvalue weighted by Crippen LogP contribution is 2.19. The highest BCUT2D eigenvalue weighted by molar-refractivity contribution is 6.34. The zero-order valence-corrected chi connectivity index (χ0v) is 17.2. The Balaban J connectivity index is 1.82. The van der Waals surface area contributed by atoms with Gasteiger partial charge in [-0.2, -0.15) is 0 Å². The molecule has 0 unspecified atom stereocenters. The van der Waals surface area contributed by atoms with Gasteiger partial charge in [0.2, 0.25) is 0 Å². The number of halogens is 2. The fourth-order valence-corrected chi connectivity index (χ4v) is 3.08. The van der Waals surface area contributed by atoms with Crippen molar-refractivity contribution in [3.8, 4) is 0 Å². The maximum atomic E-state index is 11.9. The largest absolute Gasteiger partial charge is 0.356 e. The number of nitrogens with one attached hydrogen (secondary N) is 2. The van der Waals surface area contributed by atoms with Crippen molar-refractivity contribution < 1.29 is 4.79 Å². The van der Waals surface area contributed by atoms with Crippen LogP contribution in [-0.2, 0) is 13.0 Å². The second kappa shape index (κ2) is 10.2. The molecule has 2 rings (SSSR count). The summed E-state index contributed by atoms with van der Waals surface area (Å²) in [4.78, 5) is 17.7. The third-order valence-electron chi connectivity index (χ3n) is 3.92. The number of hydrogen-bond acceptors (Lipinski definition) is 2. The molecule has 7 heteroatoms. The molecule has 2 aromatic rings. The van der Waals surface area contributed by atoms with Crippen molar-refractivity contribution in [1.82, 2.24) is 15.5 Å². The Morgan fingerprint density at radius 2 is 1.63 bits per heavy atom. The van der Waals surface area contributed by atoms with Gasteiger partial charge in [-0.1, -0.05) is 35.3 Å². The lowest BCUT2D eigenvalue weighted by molar-refractivity contribution is 0.0827. The van der Waals surface area contributed by atoms with Crippen molar-refractivity contribution in [1.29, 1.82) is 0 Å². The number of carbonyl (C=O) groups excluding carboxylic acids is 1. The van der Waals surface area contributed by atoms with Gasteiger partial charge in [-0.25, -0.2) is 0 Å².